The molecule has 0 fully saturated rings. The van der Waals surface area contributed by atoms with E-state index in [1.165, 1.54) is 5.56 Å². The molecule has 1 rings (SSSR count). The van der Waals surface area contributed by atoms with Gasteiger partial charge in [-0.1, -0.05) is 38.1 Å². The summed E-state index contributed by atoms with van der Waals surface area (Å²) in [5, 5.41) is 8.75. The first-order valence-electron chi connectivity index (χ1n) is 5.27. The van der Waals surface area contributed by atoms with Crippen LogP contribution in [-0.2, 0) is 4.79 Å². The molecule has 0 radical (unpaired) electrons. The molecule has 0 aliphatic carbocycles. The first kappa shape index (κ1) is 12.7. The van der Waals surface area contributed by atoms with Crippen molar-refractivity contribution in [1.29, 1.82) is 0 Å². The van der Waals surface area contributed by atoms with E-state index in [-0.39, 0.29) is 0 Å². The molecule has 0 aliphatic heterocycles. The average molecular weight is 222 g/mol. The number of hydrogen-bond donors (Lipinski definition) is 3. The fourth-order valence-corrected chi connectivity index (χ4v) is 1.46. The second kappa shape index (κ2) is 5.09. The van der Waals surface area contributed by atoms with Gasteiger partial charge in [0.15, 0.2) is 0 Å². The van der Waals surface area contributed by atoms with Gasteiger partial charge in [0.2, 0.25) is 0 Å². The third kappa shape index (κ3) is 2.81. The summed E-state index contributed by atoms with van der Waals surface area (Å²) >= 11 is 0. The van der Waals surface area contributed by atoms with Crippen LogP contribution in [0.3, 0.4) is 0 Å². The van der Waals surface area contributed by atoms with Gasteiger partial charge in [-0.15, -0.1) is 0 Å². The molecule has 0 amide bonds. The lowest BCUT2D eigenvalue weighted by molar-refractivity contribution is -0.139. The normalized spacial score (nSPS) is 14.8. The van der Waals surface area contributed by atoms with Crippen molar-refractivity contribution in [3.05, 3.63) is 35.4 Å². The minimum Gasteiger partial charge on any atom is -0.480 e. The zero-order chi connectivity index (χ0) is 12.3. The highest BCUT2D eigenvalue weighted by Gasteiger charge is 2.21. The van der Waals surface area contributed by atoms with E-state index in [1.54, 1.807) is 0 Å². The minimum absolute atomic E-state index is 0.443. The Morgan fingerprint density at radius 1 is 1.12 bits per heavy atom. The van der Waals surface area contributed by atoms with Crippen molar-refractivity contribution in [2.45, 2.75) is 31.8 Å². The Hall–Kier alpha value is -1.39. The third-order valence-electron chi connectivity index (χ3n) is 2.66. The zero-order valence-electron chi connectivity index (χ0n) is 9.55. The third-order valence-corrected chi connectivity index (χ3v) is 2.66. The molecule has 88 valence electrons. The fourth-order valence-electron chi connectivity index (χ4n) is 1.46. The summed E-state index contributed by atoms with van der Waals surface area (Å²) in [5.41, 5.74) is 13.2. The van der Waals surface area contributed by atoms with E-state index >= 15 is 0 Å². The van der Waals surface area contributed by atoms with Gasteiger partial charge in [-0.25, -0.2) is 0 Å². The molecule has 1 aromatic carbocycles. The molecule has 16 heavy (non-hydrogen) atoms. The highest BCUT2D eigenvalue weighted by atomic mass is 16.4. The SMILES string of the molecule is CC(C)c1ccc(C(N)C(N)C(=O)O)cc1. The van der Waals surface area contributed by atoms with Gasteiger partial charge in [-0.05, 0) is 17.0 Å². The molecule has 0 aliphatic rings. The van der Waals surface area contributed by atoms with Crippen LogP contribution in [0.2, 0.25) is 0 Å². The summed E-state index contributed by atoms with van der Waals surface area (Å²) in [6, 6.07) is 5.85. The van der Waals surface area contributed by atoms with Gasteiger partial charge in [0.25, 0.3) is 0 Å². The molecule has 2 unspecified atom stereocenters. The number of carboxylic acids is 1. The van der Waals surface area contributed by atoms with Crippen molar-refractivity contribution in [3.63, 3.8) is 0 Å². The lowest BCUT2D eigenvalue weighted by Crippen LogP contribution is -2.40. The number of benzene rings is 1. The van der Waals surface area contributed by atoms with E-state index in [0.29, 0.717) is 5.92 Å². The monoisotopic (exact) mass is 222 g/mol. The van der Waals surface area contributed by atoms with E-state index in [1.807, 2.05) is 24.3 Å². The van der Waals surface area contributed by atoms with Crippen molar-refractivity contribution in [2.75, 3.05) is 0 Å². The Morgan fingerprint density at radius 2 is 1.56 bits per heavy atom. The molecule has 0 spiro atoms. The molecule has 4 nitrogen and oxygen atoms in total. The maximum Gasteiger partial charge on any atom is 0.322 e. The number of hydrogen-bond acceptors (Lipinski definition) is 3. The van der Waals surface area contributed by atoms with Crippen molar-refractivity contribution in [2.24, 2.45) is 11.5 Å². The summed E-state index contributed by atoms with van der Waals surface area (Å²) in [7, 11) is 0. The van der Waals surface area contributed by atoms with Gasteiger partial charge >= 0.3 is 5.97 Å². The van der Waals surface area contributed by atoms with Crippen LogP contribution in [0.1, 0.15) is 36.9 Å². The van der Waals surface area contributed by atoms with Crippen LogP contribution in [0.5, 0.6) is 0 Å². The molecule has 0 bridgehead atoms. The maximum absolute atomic E-state index is 10.7. The molecular formula is C12H18N2O2. The number of nitrogens with two attached hydrogens (primary N) is 2. The number of carbonyl (C=O) groups is 1. The van der Waals surface area contributed by atoms with E-state index < -0.39 is 18.1 Å². The van der Waals surface area contributed by atoms with Gasteiger partial charge in [0.05, 0.1) is 6.04 Å². The fraction of sp³-hybridized carbons (Fsp3) is 0.417. The topological polar surface area (TPSA) is 89.3 Å². The highest BCUT2D eigenvalue weighted by molar-refractivity contribution is 5.74. The Morgan fingerprint density at radius 3 is 1.94 bits per heavy atom. The van der Waals surface area contributed by atoms with E-state index in [2.05, 4.69) is 13.8 Å². The second-order valence-corrected chi connectivity index (χ2v) is 4.21. The summed E-state index contributed by atoms with van der Waals surface area (Å²) in [4.78, 5) is 10.7. The van der Waals surface area contributed by atoms with E-state index in [4.69, 9.17) is 16.6 Å². The Kier molecular flexibility index (Phi) is 4.04. The summed E-state index contributed by atoms with van der Waals surface area (Å²) in [6.07, 6.45) is 0. The molecule has 1 aromatic rings. The standard InChI is InChI=1S/C12H18N2O2/c1-7(2)8-3-5-9(6-4-8)10(13)11(14)12(15)16/h3-7,10-11H,13-14H2,1-2H3,(H,15,16). The first-order chi connectivity index (χ1) is 7.43. The summed E-state index contributed by atoms with van der Waals surface area (Å²) < 4.78 is 0. The molecule has 0 saturated carbocycles. The number of rotatable bonds is 4. The second-order valence-electron chi connectivity index (χ2n) is 4.21. The van der Waals surface area contributed by atoms with Gasteiger partial charge in [-0.3, -0.25) is 4.79 Å². The quantitative estimate of drug-likeness (QED) is 0.714. The van der Waals surface area contributed by atoms with Crippen LogP contribution < -0.4 is 11.5 Å². The van der Waals surface area contributed by atoms with Crippen LogP contribution >= 0.6 is 0 Å². The predicted octanol–water partition coefficient (Wildman–Crippen LogP) is 1.22. The predicted molar refractivity (Wildman–Crippen MR) is 63.1 cm³/mol. The lowest BCUT2D eigenvalue weighted by atomic mass is 9.96. The molecule has 4 heteroatoms. The summed E-state index contributed by atoms with van der Waals surface area (Å²) in [6.45, 7) is 4.19. The van der Waals surface area contributed by atoms with Gasteiger partial charge in [0.1, 0.15) is 6.04 Å². The maximum atomic E-state index is 10.7. The molecule has 0 saturated heterocycles. The van der Waals surface area contributed by atoms with Crippen molar-refractivity contribution < 1.29 is 9.90 Å². The minimum atomic E-state index is -1.08. The number of carboxylic acid groups (broad SMARTS) is 1. The van der Waals surface area contributed by atoms with E-state index in [9.17, 15) is 4.79 Å². The Bertz CT molecular complexity index is 360. The molecule has 5 N–H and O–H groups in total. The van der Waals surface area contributed by atoms with Crippen LogP contribution in [0.15, 0.2) is 24.3 Å². The van der Waals surface area contributed by atoms with Crippen LogP contribution in [0.25, 0.3) is 0 Å². The Labute approximate surface area is 95.3 Å². The van der Waals surface area contributed by atoms with Crippen LogP contribution in [0.4, 0.5) is 0 Å². The first-order valence-corrected chi connectivity index (χ1v) is 5.27. The van der Waals surface area contributed by atoms with Gasteiger partial charge in [-0.2, -0.15) is 0 Å². The lowest BCUT2D eigenvalue weighted by Gasteiger charge is -2.17. The van der Waals surface area contributed by atoms with Crippen molar-refractivity contribution in [1.82, 2.24) is 0 Å². The summed E-state index contributed by atoms with van der Waals surface area (Å²) in [5.74, 6) is -0.640. The van der Waals surface area contributed by atoms with Crippen LogP contribution in [0, 0.1) is 0 Å². The smallest absolute Gasteiger partial charge is 0.322 e. The largest absolute Gasteiger partial charge is 0.480 e. The molecule has 0 aromatic heterocycles. The van der Waals surface area contributed by atoms with Crippen molar-refractivity contribution in [3.8, 4) is 0 Å². The molecule has 0 heterocycles. The number of aliphatic carboxylic acids is 1. The van der Waals surface area contributed by atoms with Gasteiger partial charge in [0, 0.05) is 0 Å². The molecule has 2 atom stereocenters. The highest BCUT2D eigenvalue weighted by Crippen LogP contribution is 2.18. The molecular weight excluding hydrogens is 204 g/mol. The van der Waals surface area contributed by atoms with Crippen LogP contribution in [-0.4, -0.2) is 17.1 Å². The van der Waals surface area contributed by atoms with E-state index in [0.717, 1.165) is 5.56 Å². The van der Waals surface area contributed by atoms with Crippen molar-refractivity contribution >= 4 is 5.97 Å². The average Bonchev–Trinajstić information content (AvgIpc) is 2.27. The van der Waals surface area contributed by atoms with Gasteiger partial charge < -0.3 is 16.6 Å². The zero-order valence-corrected chi connectivity index (χ0v) is 9.55. The Balaban J connectivity index is 2.85.